The Morgan fingerprint density at radius 2 is 1.57 bits per heavy atom. The number of urea groups is 1. The first kappa shape index (κ1) is 21.6. The summed E-state index contributed by atoms with van der Waals surface area (Å²) >= 11 is 1.55. The number of aryl methyl sites for hydroxylation is 2. The molecule has 0 saturated heterocycles. The van der Waals surface area contributed by atoms with E-state index in [1.807, 2.05) is 72.7 Å². The van der Waals surface area contributed by atoms with Crippen LogP contribution >= 0.6 is 11.3 Å². The molecule has 7 nitrogen and oxygen atoms in total. The van der Waals surface area contributed by atoms with Crippen molar-refractivity contribution in [3.63, 3.8) is 0 Å². The number of nitrogens with zero attached hydrogens (tertiary/aromatic N) is 3. The van der Waals surface area contributed by atoms with Crippen molar-refractivity contribution >= 4 is 23.3 Å². The molecule has 0 aromatic carbocycles. The van der Waals surface area contributed by atoms with Crippen molar-refractivity contribution < 1.29 is 9.59 Å². The standard InChI is InChI=1S/C22H25N5O2S/c1-16-6-3-8-18(24-16)13-27(14-19-9-4-7-17(2)25-19)15-21(28)26-22(29)23-12-20-10-5-11-30-20/h3-11H,12-15H2,1-2H3,(H2,23,26,28,29). The number of hydrogen-bond acceptors (Lipinski definition) is 6. The number of hydrogen-bond donors (Lipinski definition) is 2. The Hall–Kier alpha value is -3.10. The van der Waals surface area contributed by atoms with E-state index in [0.29, 0.717) is 19.6 Å². The Labute approximate surface area is 180 Å². The van der Waals surface area contributed by atoms with E-state index in [4.69, 9.17) is 0 Å². The highest BCUT2D eigenvalue weighted by molar-refractivity contribution is 7.09. The van der Waals surface area contributed by atoms with Crippen LogP contribution in [0, 0.1) is 13.8 Å². The minimum Gasteiger partial charge on any atom is -0.333 e. The molecule has 0 atom stereocenters. The van der Waals surface area contributed by atoms with Crippen molar-refractivity contribution in [1.29, 1.82) is 0 Å². The number of imide groups is 1. The quantitative estimate of drug-likeness (QED) is 0.581. The Balaban J connectivity index is 1.61. The van der Waals surface area contributed by atoms with Gasteiger partial charge in [0, 0.05) is 29.4 Å². The first-order valence-corrected chi connectivity index (χ1v) is 10.5. The highest BCUT2D eigenvalue weighted by atomic mass is 32.1. The summed E-state index contributed by atoms with van der Waals surface area (Å²) in [5.41, 5.74) is 3.55. The number of pyridine rings is 2. The molecule has 8 heteroatoms. The molecule has 0 unspecified atom stereocenters. The molecule has 2 N–H and O–H groups in total. The summed E-state index contributed by atoms with van der Waals surface area (Å²) in [5.74, 6) is -0.376. The van der Waals surface area contributed by atoms with Gasteiger partial charge in [-0.25, -0.2) is 4.79 Å². The Bertz CT molecular complexity index is 943. The molecular weight excluding hydrogens is 398 g/mol. The lowest BCUT2D eigenvalue weighted by molar-refractivity contribution is -0.121. The summed E-state index contributed by atoms with van der Waals surface area (Å²) in [6, 6.07) is 14.9. The van der Waals surface area contributed by atoms with E-state index in [0.717, 1.165) is 27.7 Å². The Morgan fingerprint density at radius 1 is 0.933 bits per heavy atom. The monoisotopic (exact) mass is 423 g/mol. The van der Waals surface area contributed by atoms with Crippen LogP contribution in [0.25, 0.3) is 0 Å². The Kier molecular flexibility index (Phi) is 7.64. The average molecular weight is 424 g/mol. The summed E-state index contributed by atoms with van der Waals surface area (Å²) in [5, 5.41) is 7.04. The lowest BCUT2D eigenvalue weighted by Crippen LogP contribution is -2.44. The van der Waals surface area contributed by atoms with Crippen molar-refractivity contribution in [2.24, 2.45) is 0 Å². The van der Waals surface area contributed by atoms with Crippen LogP contribution in [0.1, 0.15) is 27.7 Å². The molecule has 156 valence electrons. The van der Waals surface area contributed by atoms with Crippen LogP contribution in [0.4, 0.5) is 4.79 Å². The molecule has 0 aliphatic rings. The molecule has 0 spiro atoms. The van der Waals surface area contributed by atoms with Gasteiger partial charge >= 0.3 is 6.03 Å². The fraction of sp³-hybridized carbons (Fsp3) is 0.273. The number of thiophene rings is 1. The zero-order valence-electron chi connectivity index (χ0n) is 17.1. The molecule has 0 aliphatic carbocycles. The molecule has 0 aliphatic heterocycles. The predicted molar refractivity (Wildman–Crippen MR) is 117 cm³/mol. The molecule has 0 saturated carbocycles. The maximum Gasteiger partial charge on any atom is 0.321 e. The third-order valence-corrected chi connectivity index (χ3v) is 5.16. The number of carbonyl (C=O) groups excluding carboxylic acids is 2. The van der Waals surface area contributed by atoms with Gasteiger partial charge in [-0.15, -0.1) is 11.3 Å². The van der Waals surface area contributed by atoms with Crippen LogP contribution in [-0.4, -0.2) is 33.4 Å². The van der Waals surface area contributed by atoms with Crippen molar-refractivity contribution in [3.05, 3.63) is 81.6 Å². The second kappa shape index (κ2) is 10.6. The number of carbonyl (C=O) groups is 2. The third kappa shape index (κ3) is 7.06. The van der Waals surface area contributed by atoms with E-state index < -0.39 is 6.03 Å². The van der Waals surface area contributed by atoms with Crippen LogP contribution in [0.15, 0.2) is 53.9 Å². The van der Waals surface area contributed by atoms with Gasteiger partial charge in [-0.2, -0.15) is 0 Å². The molecule has 3 heterocycles. The maximum atomic E-state index is 12.5. The van der Waals surface area contributed by atoms with E-state index in [-0.39, 0.29) is 12.5 Å². The molecule has 0 radical (unpaired) electrons. The molecule has 0 bridgehead atoms. The molecule has 3 aromatic rings. The third-order valence-electron chi connectivity index (χ3n) is 4.29. The highest BCUT2D eigenvalue weighted by Gasteiger charge is 2.16. The van der Waals surface area contributed by atoms with Gasteiger partial charge in [-0.1, -0.05) is 18.2 Å². The van der Waals surface area contributed by atoms with Gasteiger partial charge in [0.1, 0.15) is 0 Å². The van der Waals surface area contributed by atoms with Crippen LogP contribution in [0.2, 0.25) is 0 Å². The molecule has 3 amide bonds. The number of nitrogens with one attached hydrogen (secondary N) is 2. The minimum atomic E-state index is -0.504. The van der Waals surface area contributed by atoms with E-state index in [1.165, 1.54) is 0 Å². The second-order valence-electron chi connectivity index (χ2n) is 7.00. The van der Waals surface area contributed by atoms with Crippen LogP contribution in [0.3, 0.4) is 0 Å². The van der Waals surface area contributed by atoms with Gasteiger partial charge in [-0.05, 0) is 49.6 Å². The molecule has 30 heavy (non-hydrogen) atoms. The van der Waals surface area contributed by atoms with Gasteiger partial charge in [0.2, 0.25) is 5.91 Å². The zero-order chi connectivity index (χ0) is 21.3. The summed E-state index contributed by atoms with van der Waals surface area (Å²) < 4.78 is 0. The first-order valence-electron chi connectivity index (χ1n) is 9.65. The van der Waals surface area contributed by atoms with Gasteiger partial charge in [-0.3, -0.25) is 25.0 Å². The van der Waals surface area contributed by atoms with E-state index in [1.54, 1.807) is 11.3 Å². The number of aromatic nitrogens is 2. The number of rotatable bonds is 8. The van der Waals surface area contributed by atoms with E-state index in [9.17, 15) is 9.59 Å². The largest absolute Gasteiger partial charge is 0.333 e. The van der Waals surface area contributed by atoms with E-state index >= 15 is 0 Å². The first-order chi connectivity index (χ1) is 14.5. The summed E-state index contributed by atoms with van der Waals surface area (Å²) in [6.07, 6.45) is 0. The molecular formula is C22H25N5O2S. The lowest BCUT2D eigenvalue weighted by Gasteiger charge is -2.21. The normalized spacial score (nSPS) is 10.8. The predicted octanol–water partition coefficient (Wildman–Crippen LogP) is 3.18. The maximum absolute atomic E-state index is 12.5. The van der Waals surface area contributed by atoms with Gasteiger partial charge < -0.3 is 5.32 Å². The average Bonchev–Trinajstić information content (AvgIpc) is 3.20. The molecule has 3 aromatic heterocycles. The minimum absolute atomic E-state index is 0.0532. The second-order valence-corrected chi connectivity index (χ2v) is 8.03. The van der Waals surface area contributed by atoms with Gasteiger partial charge in [0.05, 0.1) is 24.5 Å². The highest BCUT2D eigenvalue weighted by Crippen LogP contribution is 2.09. The van der Waals surface area contributed by atoms with Crippen LogP contribution < -0.4 is 10.6 Å². The van der Waals surface area contributed by atoms with Crippen molar-refractivity contribution in [2.75, 3.05) is 6.54 Å². The van der Waals surface area contributed by atoms with Gasteiger partial charge in [0.25, 0.3) is 0 Å². The number of amides is 3. The Morgan fingerprint density at radius 3 is 2.10 bits per heavy atom. The SMILES string of the molecule is Cc1cccc(CN(CC(=O)NC(=O)NCc2cccs2)Cc2cccc(C)n2)n1. The molecule has 0 fully saturated rings. The summed E-state index contributed by atoms with van der Waals surface area (Å²) in [4.78, 5) is 36.5. The summed E-state index contributed by atoms with van der Waals surface area (Å²) in [7, 11) is 0. The fourth-order valence-corrected chi connectivity index (χ4v) is 3.64. The van der Waals surface area contributed by atoms with E-state index in [2.05, 4.69) is 20.6 Å². The fourth-order valence-electron chi connectivity index (χ4n) is 3.00. The van der Waals surface area contributed by atoms with Crippen LogP contribution in [0.5, 0.6) is 0 Å². The lowest BCUT2D eigenvalue weighted by atomic mass is 10.2. The van der Waals surface area contributed by atoms with Crippen molar-refractivity contribution in [1.82, 2.24) is 25.5 Å². The van der Waals surface area contributed by atoms with Crippen molar-refractivity contribution in [2.45, 2.75) is 33.5 Å². The smallest absolute Gasteiger partial charge is 0.321 e. The topological polar surface area (TPSA) is 87.2 Å². The van der Waals surface area contributed by atoms with Gasteiger partial charge in [0.15, 0.2) is 0 Å². The van der Waals surface area contributed by atoms with Crippen LogP contribution in [-0.2, 0) is 24.4 Å². The summed E-state index contributed by atoms with van der Waals surface area (Å²) in [6.45, 7) is 5.25. The zero-order valence-corrected chi connectivity index (χ0v) is 17.9. The molecule has 3 rings (SSSR count). The van der Waals surface area contributed by atoms with Crippen molar-refractivity contribution in [3.8, 4) is 0 Å².